The second-order valence-electron chi connectivity index (χ2n) is 6.34. The Kier molecular flexibility index (Phi) is 9.53. The molecule has 162 valence electrons. The molecule has 32 heavy (non-hydrogen) atoms. The lowest BCUT2D eigenvalue weighted by Crippen LogP contribution is -2.19. The van der Waals surface area contributed by atoms with Crippen LogP contribution in [0.2, 0.25) is 0 Å². The zero-order chi connectivity index (χ0) is 23.2. The zero-order valence-corrected chi connectivity index (χ0v) is 17.1. The molecule has 5 rings (SSSR count). The van der Waals surface area contributed by atoms with Crippen LogP contribution in [0.4, 0.5) is 0 Å². The molecule has 0 aliphatic carbocycles. The number of nitrogens with one attached hydrogen (secondary N) is 1. The van der Waals surface area contributed by atoms with Gasteiger partial charge in [0.25, 0.3) is 11.8 Å². The molecule has 0 aromatic heterocycles. The van der Waals surface area contributed by atoms with E-state index in [1.807, 2.05) is 18.2 Å². The van der Waals surface area contributed by atoms with Gasteiger partial charge in [0.2, 0.25) is 0 Å². The molecule has 6 nitrogen and oxygen atoms in total. The summed E-state index contributed by atoms with van der Waals surface area (Å²) in [6.07, 6.45) is 0. The molecule has 2 amide bonds. The van der Waals surface area contributed by atoms with E-state index in [0.29, 0.717) is 28.4 Å². The molecule has 0 spiro atoms. The maximum absolute atomic E-state index is 10.9. The number of hydrogen-bond donors (Lipinski definition) is 4. The van der Waals surface area contributed by atoms with E-state index < -0.39 is 0 Å². The minimum atomic E-state index is -0.300. The Bertz CT molecular complexity index is 978. The molecule has 4 aromatic rings. The molecule has 0 fully saturated rings. The number of fused-ring (bicyclic) bond motifs is 1. The first-order valence-corrected chi connectivity index (χ1v) is 9.64. The van der Waals surface area contributed by atoms with Gasteiger partial charge in [-0.15, -0.1) is 0 Å². The number of aromatic hydroxyl groups is 3. The van der Waals surface area contributed by atoms with Crippen LogP contribution in [0.1, 0.15) is 20.7 Å². The normalized spacial score (nSPS) is 10.6. The highest BCUT2D eigenvalue weighted by Crippen LogP contribution is 2.13. The number of hydrogen-bond acceptors (Lipinski definition) is 5. The first-order valence-electron chi connectivity index (χ1n) is 9.64. The minimum Gasteiger partial charge on any atom is -0.508 e. The lowest BCUT2D eigenvalue weighted by atomic mass is 10.1. The average Bonchev–Trinajstić information content (AvgIpc) is 3.11. The molecule has 4 N–H and O–H groups in total. The van der Waals surface area contributed by atoms with Crippen molar-refractivity contribution in [3.63, 3.8) is 0 Å². The third-order valence-electron chi connectivity index (χ3n) is 3.91. The molecule has 1 aliphatic rings. The van der Waals surface area contributed by atoms with Crippen molar-refractivity contribution in [2.45, 2.75) is 0 Å². The third kappa shape index (κ3) is 8.42. The van der Waals surface area contributed by atoms with Gasteiger partial charge in [0.05, 0.1) is 11.1 Å². The molecular formula is C26H23NO5. The van der Waals surface area contributed by atoms with Crippen LogP contribution in [0.3, 0.4) is 0 Å². The maximum Gasteiger partial charge on any atom is 0.258 e. The predicted molar refractivity (Wildman–Crippen MR) is 123 cm³/mol. The van der Waals surface area contributed by atoms with E-state index in [4.69, 9.17) is 15.3 Å². The molecule has 4 aromatic carbocycles. The summed E-state index contributed by atoms with van der Waals surface area (Å²) in [6.45, 7) is 0. The highest BCUT2D eigenvalue weighted by Gasteiger charge is 2.25. The van der Waals surface area contributed by atoms with E-state index >= 15 is 0 Å². The Morgan fingerprint density at radius 3 is 0.875 bits per heavy atom. The van der Waals surface area contributed by atoms with Gasteiger partial charge in [-0.05, 0) is 48.5 Å². The van der Waals surface area contributed by atoms with Gasteiger partial charge in [0.15, 0.2) is 0 Å². The predicted octanol–water partition coefficient (Wildman–Crippen LogP) is 4.75. The van der Waals surface area contributed by atoms with Crippen molar-refractivity contribution in [3.05, 3.63) is 126 Å². The topological polar surface area (TPSA) is 107 Å². The molecule has 0 saturated heterocycles. The first-order chi connectivity index (χ1) is 15.5. The van der Waals surface area contributed by atoms with Crippen molar-refractivity contribution in [2.75, 3.05) is 0 Å². The van der Waals surface area contributed by atoms with E-state index in [1.165, 1.54) is 0 Å². The van der Waals surface area contributed by atoms with E-state index in [1.54, 1.807) is 97.1 Å². The second-order valence-corrected chi connectivity index (χ2v) is 6.34. The summed E-state index contributed by atoms with van der Waals surface area (Å²) >= 11 is 0. The fourth-order valence-corrected chi connectivity index (χ4v) is 2.40. The van der Waals surface area contributed by atoms with Gasteiger partial charge < -0.3 is 15.3 Å². The molecule has 0 bridgehead atoms. The van der Waals surface area contributed by atoms with Crippen LogP contribution in [-0.4, -0.2) is 27.1 Å². The van der Waals surface area contributed by atoms with Gasteiger partial charge in [-0.2, -0.15) is 0 Å². The summed E-state index contributed by atoms with van der Waals surface area (Å²) in [7, 11) is 0. The van der Waals surface area contributed by atoms with E-state index in [9.17, 15) is 9.59 Å². The van der Waals surface area contributed by atoms with Gasteiger partial charge >= 0.3 is 0 Å². The average molecular weight is 429 g/mol. The van der Waals surface area contributed by atoms with Crippen molar-refractivity contribution in [1.82, 2.24) is 5.32 Å². The number of para-hydroxylation sites is 3. The molecule has 1 aliphatic heterocycles. The Hall–Kier alpha value is -4.58. The molecule has 0 radical (unpaired) electrons. The van der Waals surface area contributed by atoms with Gasteiger partial charge in [0, 0.05) is 0 Å². The van der Waals surface area contributed by atoms with Crippen molar-refractivity contribution < 1.29 is 24.9 Å². The standard InChI is InChI=1S/C8H5NO2.3C6H6O/c10-7-5-3-1-2-4-6(5)8(11)9-7;3*7-6-4-2-1-3-5-6/h1-4H,(H,9,10,11);3*1-5,7H. The molecule has 0 atom stereocenters. The van der Waals surface area contributed by atoms with E-state index in [-0.39, 0.29) is 11.8 Å². The highest BCUT2D eigenvalue weighted by molar-refractivity contribution is 6.21. The van der Waals surface area contributed by atoms with Crippen LogP contribution < -0.4 is 5.32 Å². The number of phenols is 3. The van der Waals surface area contributed by atoms with Crippen molar-refractivity contribution >= 4 is 11.8 Å². The smallest absolute Gasteiger partial charge is 0.258 e. The Morgan fingerprint density at radius 1 is 0.406 bits per heavy atom. The summed E-state index contributed by atoms with van der Waals surface area (Å²) in [5, 5.41) is 28.1. The number of imide groups is 1. The zero-order valence-electron chi connectivity index (χ0n) is 17.1. The quantitative estimate of drug-likeness (QED) is 0.302. The van der Waals surface area contributed by atoms with Gasteiger partial charge in [0.1, 0.15) is 17.2 Å². The maximum atomic E-state index is 10.9. The minimum absolute atomic E-state index is 0.300. The van der Waals surface area contributed by atoms with Crippen LogP contribution in [0.25, 0.3) is 0 Å². The second kappa shape index (κ2) is 12.9. The molecular weight excluding hydrogens is 406 g/mol. The summed E-state index contributed by atoms with van der Waals surface area (Å²) in [5.74, 6) is 0.365. The van der Waals surface area contributed by atoms with Crippen LogP contribution in [0.5, 0.6) is 17.2 Å². The van der Waals surface area contributed by atoms with Crippen molar-refractivity contribution in [3.8, 4) is 17.2 Å². The molecule has 0 unspecified atom stereocenters. The number of benzene rings is 4. The Balaban J connectivity index is 0.000000155. The number of amides is 2. The Labute approximate surface area is 186 Å². The van der Waals surface area contributed by atoms with E-state index in [0.717, 1.165) is 0 Å². The van der Waals surface area contributed by atoms with Crippen LogP contribution in [-0.2, 0) is 0 Å². The Morgan fingerprint density at radius 2 is 0.656 bits per heavy atom. The fourth-order valence-electron chi connectivity index (χ4n) is 2.40. The van der Waals surface area contributed by atoms with Crippen LogP contribution in [0.15, 0.2) is 115 Å². The molecule has 6 heteroatoms. The number of carbonyl (C=O) groups is 2. The summed E-state index contributed by atoms with van der Waals surface area (Å²) < 4.78 is 0. The van der Waals surface area contributed by atoms with E-state index in [2.05, 4.69) is 5.32 Å². The lowest BCUT2D eigenvalue weighted by Gasteiger charge is -1.88. The lowest BCUT2D eigenvalue weighted by molar-refractivity contribution is 0.0879. The van der Waals surface area contributed by atoms with Crippen LogP contribution >= 0.6 is 0 Å². The van der Waals surface area contributed by atoms with Crippen molar-refractivity contribution in [2.24, 2.45) is 0 Å². The molecule has 0 saturated carbocycles. The van der Waals surface area contributed by atoms with Crippen molar-refractivity contribution in [1.29, 1.82) is 0 Å². The number of rotatable bonds is 0. The highest BCUT2D eigenvalue weighted by atomic mass is 16.3. The summed E-state index contributed by atoms with van der Waals surface area (Å²) in [6, 6.07) is 32.9. The van der Waals surface area contributed by atoms with Crippen LogP contribution in [0, 0.1) is 0 Å². The third-order valence-corrected chi connectivity index (χ3v) is 3.91. The molecule has 1 heterocycles. The largest absolute Gasteiger partial charge is 0.508 e. The monoisotopic (exact) mass is 429 g/mol. The number of carbonyl (C=O) groups excluding carboxylic acids is 2. The number of phenolic OH excluding ortho intramolecular Hbond substituents is 3. The first kappa shape index (κ1) is 23.7. The van der Waals surface area contributed by atoms with Gasteiger partial charge in [-0.3, -0.25) is 14.9 Å². The SMILES string of the molecule is O=C1NC(=O)c2ccccc21.Oc1ccccc1.Oc1ccccc1.Oc1ccccc1. The van der Waals surface area contributed by atoms with Gasteiger partial charge in [-0.1, -0.05) is 66.7 Å². The summed E-state index contributed by atoms with van der Waals surface area (Å²) in [4.78, 5) is 21.9. The fraction of sp³-hybridized carbons (Fsp3) is 0. The van der Waals surface area contributed by atoms with Gasteiger partial charge in [-0.25, -0.2) is 0 Å². The summed E-state index contributed by atoms with van der Waals surface area (Å²) in [5.41, 5.74) is 0.940.